The zero-order valence-corrected chi connectivity index (χ0v) is 17.7. The number of amides is 1. The van der Waals surface area contributed by atoms with E-state index in [0.29, 0.717) is 11.3 Å². The number of carbonyl (C=O) groups excluding carboxylic acids is 1. The number of hydrogen-bond donors (Lipinski definition) is 1. The number of nitrogens with one attached hydrogen (secondary N) is 1. The number of nitrogens with zero attached hydrogens (tertiary/aromatic N) is 1. The molecule has 5 nitrogen and oxygen atoms in total. The zero-order valence-electron chi connectivity index (χ0n) is 16.8. The van der Waals surface area contributed by atoms with Gasteiger partial charge in [-0.2, -0.15) is 0 Å². The standard InChI is InChI=1S/C24H24N2O3S/c1-18-6-2-3-7-23(18)19-10-14-22(15-11-19)30(28,29)25-21-12-8-20(9-13-21)24(27)26-16-4-5-17-26/h2-3,6-15,25H,4-5,16-17H2,1H3. The molecule has 154 valence electrons. The molecule has 0 atom stereocenters. The quantitative estimate of drug-likeness (QED) is 0.651. The molecule has 0 saturated carbocycles. The second kappa shape index (κ2) is 8.32. The van der Waals surface area contributed by atoms with Gasteiger partial charge >= 0.3 is 0 Å². The van der Waals surface area contributed by atoms with E-state index in [1.165, 1.54) is 0 Å². The number of hydrogen-bond acceptors (Lipinski definition) is 3. The number of sulfonamides is 1. The number of rotatable bonds is 5. The van der Waals surface area contributed by atoms with Gasteiger partial charge in [0.1, 0.15) is 0 Å². The summed E-state index contributed by atoms with van der Waals surface area (Å²) in [6.45, 7) is 3.59. The van der Waals surface area contributed by atoms with Crippen LogP contribution in [0.4, 0.5) is 5.69 Å². The van der Waals surface area contributed by atoms with Crippen molar-refractivity contribution in [3.05, 3.63) is 83.9 Å². The van der Waals surface area contributed by atoms with Gasteiger partial charge in [0.05, 0.1) is 4.90 Å². The minimum Gasteiger partial charge on any atom is -0.339 e. The largest absolute Gasteiger partial charge is 0.339 e. The Bertz CT molecular complexity index is 1150. The highest BCUT2D eigenvalue weighted by atomic mass is 32.2. The lowest BCUT2D eigenvalue weighted by Crippen LogP contribution is -2.27. The molecule has 1 fully saturated rings. The molecular formula is C24H24N2O3S. The highest BCUT2D eigenvalue weighted by Gasteiger charge is 2.20. The molecule has 30 heavy (non-hydrogen) atoms. The van der Waals surface area contributed by atoms with Crippen LogP contribution in [-0.4, -0.2) is 32.3 Å². The highest BCUT2D eigenvalue weighted by Crippen LogP contribution is 2.25. The van der Waals surface area contributed by atoms with E-state index in [0.717, 1.165) is 42.6 Å². The van der Waals surface area contributed by atoms with Crippen LogP contribution in [0.2, 0.25) is 0 Å². The Morgan fingerprint density at radius 2 is 1.50 bits per heavy atom. The topological polar surface area (TPSA) is 66.5 Å². The van der Waals surface area contributed by atoms with Crippen LogP contribution in [-0.2, 0) is 10.0 Å². The molecule has 4 rings (SSSR count). The van der Waals surface area contributed by atoms with Gasteiger partial charge in [0.25, 0.3) is 15.9 Å². The molecule has 1 aliphatic rings. The van der Waals surface area contributed by atoms with E-state index >= 15 is 0 Å². The predicted molar refractivity (Wildman–Crippen MR) is 119 cm³/mol. The number of benzene rings is 3. The number of carbonyl (C=O) groups is 1. The van der Waals surface area contributed by atoms with Crippen LogP contribution in [0.15, 0.2) is 77.7 Å². The molecule has 3 aromatic rings. The second-order valence-electron chi connectivity index (χ2n) is 7.52. The van der Waals surface area contributed by atoms with Crippen molar-refractivity contribution < 1.29 is 13.2 Å². The molecule has 0 spiro atoms. The van der Waals surface area contributed by atoms with E-state index in [-0.39, 0.29) is 10.8 Å². The van der Waals surface area contributed by atoms with Crippen molar-refractivity contribution in [2.75, 3.05) is 17.8 Å². The van der Waals surface area contributed by atoms with Gasteiger partial charge in [0.15, 0.2) is 0 Å². The molecule has 1 amide bonds. The summed E-state index contributed by atoms with van der Waals surface area (Å²) in [5.41, 5.74) is 4.18. The Morgan fingerprint density at radius 3 is 2.13 bits per heavy atom. The van der Waals surface area contributed by atoms with E-state index in [9.17, 15) is 13.2 Å². The third-order valence-electron chi connectivity index (χ3n) is 5.40. The van der Waals surface area contributed by atoms with Crippen LogP contribution in [0.25, 0.3) is 11.1 Å². The Morgan fingerprint density at radius 1 is 0.867 bits per heavy atom. The molecule has 1 N–H and O–H groups in total. The highest BCUT2D eigenvalue weighted by molar-refractivity contribution is 7.92. The van der Waals surface area contributed by atoms with Gasteiger partial charge in [-0.1, -0.05) is 36.4 Å². The first kappa shape index (κ1) is 20.2. The van der Waals surface area contributed by atoms with Crippen LogP contribution < -0.4 is 4.72 Å². The van der Waals surface area contributed by atoms with Gasteiger partial charge < -0.3 is 4.90 Å². The van der Waals surface area contributed by atoms with E-state index < -0.39 is 10.0 Å². The molecule has 0 aliphatic carbocycles. The first-order chi connectivity index (χ1) is 14.4. The Kier molecular flexibility index (Phi) is 5.59. The summed E-state index contributed by atoms with van der Waals surface area (Å²) in [4.78, 5) is 14.4. The average Bonchev–Trinajstić information content (AvgIpc) is 3.29. The maximum Gasteiger partial charge on any atom is 0.261 e. The van der Waals surface area contributed by atoms with Gasteiger partial charge in [-0.15, -0.1) is 0 Å². The molecule has 3 aromatic carbocycles. The molecule has 6 heteroatoms. The van der Waals surface area contributed by atoms with Gasteiger partial charge in [0, 0.05) is 24.3 Å². The maximum atomic E-state index is 12.8. The minimum atomic E-state index is -3.72. The van der Waals surface area contributed by atoms with Crippen molar-refractivity contribution in [1.82, 2.24) is 4.90 Å². The van der Waals surface area contributed by atoms with E-state index in [1.807, 2.05) is 48.2 Å². The van der Waals surface area contributed by atoms with E-state index in [2.05, 4.69) is 4.72 Å². The molecule has 1 heterocycles. The number of likely N-dealkylation sites (tertiary alicyclic amines) is 1. The summed E-state index contributed by atoms with van der Waals surface area (Å²) >= 11 is 0. The summed E-state index contributed by atoms with van der Waals surface area (Å²) < 4.78 is 28.1. The van der Waals surface area contributed by atoms with Crippen LogP contribution in [0, 0.1) is 6.92 Å². The molecule has 1 saturated heterocycles. The van der Waals surface area contributed by atoms with Gasteiger partial charge in [-0.05, 0) is 72.9 Å². The Hall–Kier alpha value is -3.12. The van der Waals surface area contributed by atoms with Crippen LogP contribution in [0.3, 0.4) is 0 Å². The normalized spacial score (nSPS) is 14.0. The van der Waals surface area contributed by atoms with Crippen LogP contribution >= 0.6 is 0 Å². The fraction of sp³-hybridized carbons (Fsp3) is 0.208. The Labute approximate surface area is 177 Å². The molecule has 1 aliphatic heterocycles. The third-order valence-corrected chi connectivity index (χ3v) is 6.80. The van der Waals surface area contributed by atoms with Crippen molar-refractivity contribution in [2.45, 2.75) is 24.7 Å². The monoisotopic (exact) mass is 420 g/mol. The molecule has 0 radical (unpaired) electrons. The minimum absolute atomic E-state index is 0.00583. The van der Waals surface area contributed by atoms with Gasteiger partial charge in [-0.25, -0.2) is 8.42 Å². The summed E-state index contributed by atoms with van der Waals surface area (Å²) in [7, 11) is -3.72. The van der Waals surface area contributed by atoms with Crippen molar-refractivity contribution in [3.63, 3.8) is 0 Å². The third kappa shape index (κ3) is 4.24. The van der Waals surface area contributed by atoms with Crippen molar-refractivity contribution in [1.29, 1.82) is 0 Å². The first-order valence-corrected chi connectivity index (χ1v) is 11.5. The summed E-state index contributed by atoms with van der Waals surface area (Å²) in [6, 6.07) is 21.4. The molecule has 0 unspecified atom stereocenters. The summed E-state index contributed by atoms with van der Waals surface area (Å²) in [5.74, 6) is -0.00583. The lowest BCUT2D eigenvalue weighted by Gasteiger charge is -2.15. The average molecular weight is 421 g/mol. The molecular weight excluding hydrogens is 396 g/mol. The summed E-state index contributed by atoms with van der Waals surface area (Å²) in [6.07, 6.45) is 2.07. The Balaban J connectivity index is 1.49. The molecule has 0 bridgehead atoms. The number of anilines is 1. The fourth-order valence-electron chi connectivity index (χ4n) is 3.71. The lowest BCUT2D eigenvalue weighted by molar-refractivity contribution is 0.0793. The first-order valence-electron chi connectivity index (χ1n) is 10.0. The van der Waals surface area contributed by atoms with Crippen molar-refractivity contribution in [2.24, 2.45) is 0 Å². The van der Waals surface area contributed by atoms with Gasteiger partial charge in [0.2, 0.25) is 0 Å². The SMILES string of the molecule is Cc1ccccc1-c1ccc(S(=O)(=O)Nc2ccc(C(=O)N3CCCC3)cc2)cc1. The van der Waals surface area contributed by atoms with Crippen molar-refractivity contribution >= 4 is 21.6 Å². The zero-order chi connectivity index (χ0) is 21.1. The van der Waals surface area contributed by atoms with E-state index in [1.54, 1.807) is 36.4 Å². The fourth-order valence-corrected chi connectivity index (χ4v) is 4.77. The summed E-state index contributed by atoms with van der Waals surface area (Å²) in [5, 5.41) is 0. The van der Waals surface area contributed by atoms with Crippen LogP contribution in [0.1, 0.15) is 28.8 Å². The second-order valence-corrected chi connectivity index (χ2v) is 9.20. The maximum absolute atomic E-state index is 12.8. The van der Waals surface area contributed by atoms with Crippen LogP contribution in [0.5, 0.6) is 0 Å². The lowest BCUT2D eigenvalue weighted by atomic mass is 10.0. The van der Waals surface area contributed by atoms with Gasteiger partial charge in [-0.3, -0.25) is 9.52 Å². The number of aryl methyl sites for hydroxylation is 1. The molecule has 0 aromatic heterocycles. The smallest absolute Gasteiger partial charge is 0.261 e. The predicted octanol–water partition coefficient (Wildman–Crippen LogP) is 4.70. The van der Waals surface area contributed by atoms with E-state index in [4.69, 9.17) is 0 Å². The van der Waals surface area contributed by atoms with Crippen molar-refractivity contribution in [3.8, 4) is 11.1 Å².